The molecule has 92 valence electrons. The molecule has 2 aromatic rings. The maximum Gasteiger partial charge on any atom is 0.338 e. The van der Waals surface area contributed by atoms with E-state index in [9.17, 15) is 9.18 Å². The fourth-order valence-electron chi connectivity index (χ4n) is 1.29. The van der Waals surface area contributed by atoms with Crippen LogP contribution in [0, 0.1) is 5.82 Å². The van der Waals surface area contributed by atoms with E-state index in [0.717, 1.165) is 12.1 Å². The summed E-state index contributed by atoms with van der Waals surface area (Å²) in [6.07, 6.45) is 1.48. The van der Waals surface area contributed by atoms with E-state index in [1.807, 2.05) is 0 Å². The second-order valence-corrected chi connectivity index (χ2v) is 3.75. The van der Waals surface area contributed by atoms with Crippen LogP contribution in [-0.2, 0) is 0 Å². The number of aromatic carboxylic acids is 1. The number of carbonyl (C=O) groups is 1. The zero-order chi connectivity index (χ0) is 13.1. The van der Waals surface area contributed by atoms with Gasteiger partial charge in [0.2, 0.25) is 5.88 Å². The van der Waals surface area contributed by atoms with Gasteiger partial charge in [0.15, 0.2) is 0 Å². The molecule has 1 aromatic heterocycles. The summed E-state index contributed by atoms with van der Waals surface area (Å²) in [6.45, 7) is 0. The van der Waals surface area contributed by atoms with Crippen molar-refractivity contribution in [1.82, 2.24) is 4.98 Å². The van der Waals surface area contributed by atoms with E-state index >= 15 is 0 Å². The van der Waals surface area contributed by atoms with Gasteiger partial charge in [-0.1, -0.05) is 11.6 Å². The quantitative estimate of drug-likeness (QED) is 0.926. The van der Waals surface area contributed by atoms with Crippen LogP contribution in [0.15, 0.2) is 36.5 Å². The van der Waals surface area contributed by atoms with Crippen molar-refractivity contribution in [2.75, 3.05) is 0 Å². The number of hydrogen-bond donors (Lipinski definition) is 1. The summed E-state index contributed by atoms with van der Waals surface area (Å²) >= 11 is 5.82. The van der Waals surface area contributed by atoms with E-state index in [1.54, 1.807) is 12.1 Å². The lowest BCUT2D eigenvalue weighted by Gasteiger charge is -2.06. The molecule has 0 aliphatic rings. The maximum absolute atomic E-state index is 13.4. The van der Waals surface area contributed by atoms with Gasteiger partial charge in [0.1, 0.15) is 16.6 Å². The van der Waals surface area contributed by atoms with Crippen LogP contribution < -0.4 is 4.74 Å². The van der Waals surface area contributed by atoms with Crippen LogP contribution in [0.1, 0.15) is 10.4 Å². The number of carboxylic acid groups (broad SMARTS) is 1. The number of nitrogens with zero attached hydrogens (tertiary/aromatic N) is 1. The molecule has 0 radical (unpaired) electrons. The lowest BCUT2D eigenvalue weighted by molar-refractivity contribution is 0.0692. The highest BCUT2D eigenvalue weighted by atomic mass is 35.5. The van der Waals surface area contributed by atoms with Crippen molar-refractivity contribution in [3.63, 3.8) is 0 Å². The summed E-state index contributed by atoms with van der Waals surface area (Å²) in [6, 6.07) is 6.62. The van der Waals surface area contributed by atoms with E-state index in [0.29, 0.717) is 0 Å². The summed E-state index contributed by atoms with van der Waals surface area (Å²) in [5.41, 5.74) is -0.422. The molecule has 1 heterocycles. The van der Waals surface area contributed by atoms with Gasteiger partial charge in [-0.05, 0) is 24.3 Å². The molecule has 0 aliphatic heterocycles. The van der Waals surface area contributed by atoms with Gasteiger partial charge >= 0.3 is 5.97 Å². The monoisotopic (exact) mass is 267 g/mol. The third-order valence-electron chi connectivity index (χ3n) is 2.11. The lowest BCUT2D eigenvalue weighted by atomic mass is 10.2. The summed E-state index contributed by atoms with van der Waals surface area (Å²) in [7, 11) is 0. The van der Waals surface area contributed by atoms with Gasteiger partial charge < -0.3 is 9.84 Å². The minimum atomic E-state index is -1.34. The van der Waals surface area contributed by atoms with Crippen molar-refractivity contribution >= 4 is 17.6 Å². The van der Waals surface area contributed by atoms with Gasteiger partial charge in [-0.2, -0.15) is 0 Å². The molecule has 1 aromatic carbocycles. The van der Waals surface area contributed by atoms with Crippen molar-refractivity contribution in [2.24, 2.45) is 0 Å². The topological polar surface area (TPSA) is 59.4 Å². The Kier molecular flexibility index (Phi) is 3.43. The van der Waals surface area contributed by atoms with Crippen molar-refractivity contribution in [1.29, 1.82) is 0 Å². The first kappa shape index (κ1) is 12.3. The van der Waals surface area contributed by atoms with E-state index in [4.69, 9.17) is 21.4 Å². The zero-order valence-corrected chi connectivity index (χ0v) is 9.69. The largest absolute Gasteiger partial charge is 0.478 e. The first-order chi connectivity index (χ1) is 8.58. The van der Waals surface area contributed by atoms with Gasteiger partial charge in [0, 0.05) is 12.3 Å². The van der Waals surface area contributed by atoms with Gasteiger partial charge in [-0.3, -0.25) is 0 Å². The molecular formula is C12H7ClFNO3. The van der Waals surface area contributed by atoms with Crippen LogP contribution in [0.4, 0.5) is 4.39 Å². The van der Waals surface area contributed by atoms with E-state index < -0.39 is 17.3 Å². The van der Waals surface area contributed by atoms with Gasteiger partial charge in [-0.15, -0.1) is 0 Å². The number of ether oxygens (including phenoxy) is 1. The molecule has 0 fully saturated rings. The standard InChI is InChI=1S/C12H7ClFNO3/c13-9-2-1-5-15-11(9)18-7-3-4-8(12(16)17)10(14)6-7/h1-6H,(H,16,17). The minimum Gasteiger partial charge on any atom is -0.478 e. The summed E-state index contributed by atoms with van der Waals surface area (Å²) < 4.78 is 18.6. The highest BCUT2D eigenvalue weighted by Crippen LogP contribution is 2.27. The molecule has 0 bridgehead atoms. The molecule has 0 saturated carbocycles. The Balaban J connectivity index is 2.29. The molecule has 2 rings (SSSR count). The molecule has 0 atom stereocenters. The normalized spacial score (nSPS) is 10.1. The third kappa shape index (κ3) is 2.57. The van der Waals surface area contributed by atoms with Crippen LogP contribution in [0.5, 0.6) is 11.6 Å². The highest BCUT2D eigenvalue weighted by Gasteiger charge is 2.12. The van der Waals surface area contributed by atoms with Crippen molar-refractivity contribution in [3.05, 3.63) is 52.9 Å². The van der Waals surface area contributed by atoms with Crippen LogP contribution in [-0.4, -0.2) is 16.1 Å². The van der Waals surface area contributed by atoms with Crippen molar-refractivity contribution < 1.29 is 19.0 Å². The summed E-state index contributed by atoms with van der Waals surface area (Å²) in [5.74, 6) is -1.97. The molecule has 0 aliphatic carbocycles. The van der Waals surface area contributed by atoms with Crippen molar-refractivity contribution in [3.8, 4) is 11.6 Å². The SMILES string of the molecule is O=C(O)c1ccc(Oc2ncccc2Cl)cc1F. The van der Waals surface area contributed by atoms with Gasteiger partial charge in [0.25, 0.3) is 0 Å². The van der Waals surface area contributed by atoms with Gasteiger partial charge in [0.05, 0.1) is 5.56 Å². The smallest absolute Gasteiger partial charge is 0.338 e. The number of halogens is 2. The van der Waals surface area contributed by atoms with Crippen LogP contribution in [0.3, 0.4) is 0 Å². The number of carboxylic acids is 1. The molecule has 0 spiro atoms. The lowest BCUT2D eigenvalue weighted by Crippen LogP contribution is -2.00. The number of pyridine rings is 1. The molecule has 6 heteroatoms. The number of aromatic nitrogens is 1. The van der Waals surface area contributed by atoms with Crippen LogP contribution >= 0.6 is 11.6 Å². The second kappa shape index (κ2) is 5.01. The fraction of sp³-hybridized carbons (Fsp3) is 0. The Hall–Kier alpha value is -2.14. The molecule has 0 unspecified atom stereocenters. The Bertz CT molecular complexity index is 604. The van der Waals surface area contributed by atoms with Crippen molar-refractivity contribution in [2.45, 2.75) is 0 Å². The summed E-state index contributed by atoms with van der Waals surface area (Å²) in [4.78, 5) is 14.5. The van der Waals surface area contributed by atoms with Crippen LogP contribution in [0.2, 0.25) is 5.02 Å². The Labute approximate surface area is 107 Å². The molecule has 0 amide bonds. The Morgan fingerprint density at radius 2 is 2.17 bits per heavy atom. The molecule has 0 saturated heterocycles. The predicted molar refractivity (Wildman–Crippen MR) is 62.7 cm³/mol. The van der Waals surface area contributed by atoms with E-state index in [-0.39, 0.29) is 16.7 Å². The average molecular weight is 268 g/mol. The third-order valence-corrected chi connectivity index (χ3v) is 2.40. The fourth-order valence-corrected chi connectivity index (χ4v) is 1.45. The summed E-state index contributed by atoms with van der Waals surface area (Å²) in [5, 5.41) is 8.95. The molecular weight excluding hydrogens is 261 g/mol. The number of benzene rings is 1. The molecule has 1 N–H and O–H groups in total. The first-order valence-corrected chi connectivity index (χ1v) is 5.27. The Morgan fingerprint density at radius 3 is 2.78 bits per heavy atom. The number of hydrogen-bond acceptors (Lipinski definition) is 3. The molecule has 18 heavy (non-hydrogen) atoms. The number of rotatable bonds is 3. The van der Waals surface area contributed by atoms with E-state index in [2.05, 4.69) is 4.98 Å². The zero-order valence-electron chi connectivity index (χ0n) is 8.93. The molecule has 4 nitrogen and oxygen atoms in total. The predicted octanol–water partition coefficient (Wildman–Crippen LogP) is 3.36. The van der Waals surface area contributed by atoms with Crippen LogP contribution in [0.25, 0.3) is 0 Å². The second-order valence-electron chi connectivity index (χ2n) is 3.34. The highest BCUT2D eigenvalue weighted by molar-refractivity contribution is 6.31. The minimum absolute atomic E-state index is 0.123. The average Bonchev–Trinajstić information content (AvgIpc) is 2.32. The van der Waals surface area contributed by atoms with E-state index in [1.165, 1.54) is 12.3 Å². The Morgan fingerprint density at radius 1 is 1.39 bits per heavy atom. The van der Waals surface area contributed by atoms with Gasteiger partial charge in [-0.25, -0.2) is 14.2 Å². The first-order valence-electron chi connectivity index (χ1n) is 4.89. The maximum atomic E-state index is 13.4.